The molecule has 0 radical (unpaired) electrons. The van der Waals surface area contributed by atoms with E-state index in [1.54, 1.807) is 0 Å². The Hall–Kier alpha value is -2.51. The van der Waals surface area contributed by atoms with Gasteiger partial charge in [-0.3, -0.25) is 9.88 Å². The van der Waals surface area contributed by atoms with Crippen LogP contribution < -0.4 is 4.90 Å². The Balaban J connectivity index is 1.32. The van der Waals surface area contributed by atoms with Crippen LogP contribution in [0.2, 0.25) is 0 Å². The van der Waals surface area contributed by atoms with Crippen molar-refractivity contribution < 1.29 is 4.74 Å². The summed E-state index contributed by atoms with van der Waals surface area (Å²) in [6.45, 7) is 6.54. The fraction of sp³-hybridized carbons (Fsp3) is 0.476. The number of hydrogen-bond acceptors (Lipinski definition) is 6. The van der Waals surface area contributed by atoms with Crippen molar-refractivity contribution in [3.05, 3.63) is 54.2 Å². The molecule has 0 saturated carbocycles. The van der Waals surface area contributed by atoms with Crippen LogP contribution in [0, 0.1) is 0 Å². The lowest BCUT2D eigenvalue weighted by Gasteiger charge is -2.31. The molecule has 0 amide bonds. The van der Waals surface area contributed by atoms with Crippen molar-refractivity contribution in [2.45, 2.75) is 25.3 Å². The highest BCUT2D eigenvalue weighted by molar-refractivity contribution is 5.51. The molecule has 0 unspecified atom stereocenters. The fourth-order valence-electron chi connectivity index (χ4n) is 4.23. The molecule has 2 aliphatic heterocycles. The summed E-state index contributed by atoms with van der Waals surface area (Å²) in [5.41, 5.74) is 3.43. The summed E-state index contributed by atoms with van der Waals surface area (Å²) in [6.07, 6.45) is 8.18. The van der Waals surface area contributed by atoms with Gasteiger partial charge in [-0.05, 0) is 49.2 Å². The normalized spacial score (nSPS) is 21.3. The predicted molar refractivity (Wildman–Crippen MR) is 108 cm³/mol. The Labute approximate surface area is 165 Å². The molecule has 146 valence electrons. The van der Waals surface area contributed by atoms with Crippen LogP contribution >= 0.6 is 0 Å². The van der Waals surface area contributed by atoms with E-state index < -0.39 is 0 Å². The molecule has 5 heterocycles. The van der Waals surface area contributed by atoms with Crippen LogP contribution in [0.5, 0.6) is 0 Å². The maximum Gasteiger partial charge on any atom is 0.156 e. The minimum absolute atomic E-state index is 0.391. The molecule has 3 aromatic heterocycles. The van der Waals surface area contributed by atoms with Gasteiger partial charge in [-0.2, -0.15) is 5.10 Å². The van der Waals surface area contributed by atoms with Crippen molar-refractivity contribution in [1.29, 1.82) is 0 Å². The monoisotopic (exact) mass is 378 g/mol. The molecule has 2 fully saturated rings. The summed E-state index contributed by atoms with van der Waals surface area (Å²) >= 11 is 0. The molecular formula is C21H26N6O. The lowest BCUT2D eigenvalue weighted by atomic mass is 9.97. The number of nitrogens with zero attached hydrogens (tertiary/aromatic N) is 6. The summed E-state index contributed by atoms with van der Waals surface area (Å²) < 4.78 is 7.41. The highest BCUT2D eigenvalue weighted by Gasteiger charge is 2.25. The molecule has 28 heavy (non-hydrogen) atoms. The van der Waals surface area contributed by atoms with Crippen molar-refractivity contribution in [1.82, 2.24) is 24.5 Å². The first-order valence-electron chi connectivity index (χ1n) is 10.2. The van der Waals surface area contributed by atoms with Gasteiger partial charge in [0, 0.05) is 44.5 Å². The largest absolute Gasteiger partial charge is 0.378 e. The predicted octanol–water partition coefficient (Wildman–Crippen LogP) is 2.34. The van der Waals surface area contributed by atoms with E-state index in [0.29, 0.717) is 5.92 Å². The van der Waals surface area contributed by atoms with Gasteiger partial charge in [-0.25, -0.2) is 9.50 Å². The molecule has 7 nitrogen and oxygen atoms in total. The second kappa shape index (κ2) is 7.85. The molecule has 2 saturated heterocycles. The van der Waals surface area contributed by atoms with Gasteiger partial charge in [0.15, 0.2) is 11.5 Å². The lowest BCUT2D eigenvalue weighted by molar-refractivity contribution is 0.122. The average Bonchev–Trinajstić information content (AvgIpc) is 3.19. The van der Waals surface area contributed by atoms with E-state index in [2.05, 4.69) is 45.2 Å². The smallest absolute Gasteiger partial charge is 0.156 e. The summed E-state index contributed by atoms with van der Waals surface area (Å²) in [5.74, 6) is 1.36. The number of fused-ring (bicyclic) bond motifs is 1. The van der Waals surface area contributed by atoms with Gasteiger partial charge in [0.2, 0.25) is 0 Å². The third-order valence-electron chi connectivity index (χ3n) is 5.73. The topological polar surface area (TPSA) is 58.8 Å². The van der Waals surface area contributed by atoms with Gasteiger partial charge in [-0.1, -0.05) is 0 Å². The van der Waals surface area contributed by atoms with E-state index in [9.17, 15) is 0 Å². The Morgan fingerprint density at radius 1 is 1.04 bits per heavy atom. The zero-order valence-corrected chi connectivity index (χ0v) is 16.1. The Morgan fingerprint density at radius 3 is 2.75 bits per heavy atom. The minimum Gasteiger partial charge on any atom is -0.378 e. The zero-order chi connectivity index (χ0) is 18.8. The Kier molecular flexibility index (Phi) is 4.93. The van der Waals surface area contributed by atoms with Crippen molar-refractivity contribution in [2.24, 2.45) is 0 Å². The van der Waals surface area contributed by atoms with Gasteiger partial charge in [0.05, 0.1) is 25.1 Å². The van der Waals surface area contributed by atoms with Crippen LogP contribution in [0.4, 0.5) is 5.69 Å². The fourth-order valence-corrected chi connectivity index (χ4v) is 4.23. The molecule has 1 atom stereocenters. The zero-order valence-electron chi connectivity index (χ0n) is 16.1. The van der Waals surface area contributed by atoms with Crippen LogP contribution in [0.15, 0.2) is 42.9 Å². The molecule has 2 aliphatic rings. The Morgan fingerprint density at radius 2 is 1.89 bits per heavy atom. The van der Waals surface area contributed by atoms with E-state index in [-0.39, 0.29) is 0 Å². The quantitative estimate of drug-likeness (QED) is 0.695. The summed E-state index contributed by atoms with van der Waals surface area (Å²) in [6, 6.07) is 8.43. The van der Waals surface area contributed by atoms with E-state index in [1.165, 1.54) is 17.7 Å². The van der Waals surface area contributed by atoms with E-state index in [4.69, 9.17) is 14.8 Å². The maximum atomic E-state index is 5.46. The number of rotatable bonds is 4. The average molecular weight is 378 g/mol. The standard InChI is InChI=1S/C21H26N6O/c1-2-18(15-25(9-1)14-17-5-7-22-8-6-17)21-23-20-4-3-19(16-27(20)24-21)26-10-12-28-13-11-26/h3-8,16,18H,1-2,9-15H2/t18-/m1/s1. The third-order valence-corrected chi connectivity index (χ3v) is 5.73. The number of anilines is 1. The molecule has 5 rings (SSSR count). The number of likely N-dealkylation sites (tertiary alicyclic amines) is 1. The van der Waals surface area contributed by atoms with Crippen LogP contribution in [-0.4, -0.2) is 63.9 Å². The van der Waals surface area contributed by atoms with Crippen LogP contribution in [0.25, 0.3) is 5.65 Å². The summed E-state index contributed by atoms with van der Waals surface area (Å²) in [5, 5.41) is 4.84. The maximum absolute atomic E-state index is 5.46. The lowest BCUT2D eigenvalue weighted by Crippen LogP contribution is -2.36. The molecule has 0 aliphatic carbocycles. The van der Waals surface area contributed by atoms with Crippen molar-refractivity contribution in [2.75, 3.05) is 44.3 Å². The van der Waals surface area contributed by atoms with Crippen molar-refractivity contribution in [3.8, 4) is 0 Å². The van der Waals surface area contributed by atoms with Crippen molar-refractivity contribution >= 4 is 11.3 Å². The van der Waals surface area contributed by atoms with Crippen LogP contribution in [0.1, 0.15) is 30.1 Å². The van der Waals surface area contributed by atoms with E-state index >= 15 is 0 Å². The van der Waals surface area contributed by atoms with E-state index in [1.807, 2.05) is 16.9 Å². The number of hydrogen-bond donors (Lipinski definition) is 0. The Bertz CT molecular complexity index is 921. The first-order valence-corrected chi connectivity index (χ1v) is 10.2. The SMILES string of the molecule is c1cc(CN2CCC[C@@H](c3nc4ccc(N5CCOCC5)cn4n3)C2)ccn1. The molecule has 3 aromatic rings. The van der Waals surface area contributed by atoms with Crippen molar-refractivity contribution in [3.63, 3.8) is 0 Å². The first-order chi connectivity index (χ1) is 13.8. The highest BCUT2D eigenvalue weighted by atomic mass is 16.5. The first kappa shape index (κ1) is 17.6. The molecule has 0 aromatic carbocycles. The summed E-state index contributed by atoms with van der Waals surface area (Å²) in [7, 11) is 0. The molecule has 0 N–H and O–H groups in total. The number of aromatic nitrogens is 4. The minimum atomic E-state index is 0.391. The second-order valence-electron chi connectivity index (χ2n) is 7.69. The third kappa shape index (κ3) is 3.72. The number of pyridine rings is 2. The highest BCUT2D eigenvalue weighted by Crippen LogP contribution is 2.26. The summed E-state index contributed by atoms with van der Waals surface area (Å²) in [4.78, 5) is 13.8. The van der Waals surface area contributed by atoms with E-state index in [0.717, 1.165) is 63.8 Å². The van der Waals surface area contributed by atoms with Gasteiger partial charge in [0.25, 0.3) is 0 Å². The molecule has 0 bridgehead atoms. The van der Waals surface area contributed by atoms with Gasteiger partial charge in [0.1, 0.15) is 0 Å². The molecule has 0 spiro atoms. The number of ether oxygens (including phenoxy) is 1. The van der Waals surface area contributed by atoms with Crippen LogP contribution in [0.3, 0.4) is 0 Å². The molecular weight excluding hydrogens is 352 g/mol. The van der Waals surface area contributed by atoms with Gasteiger partial charge in [-0.15, -0.1) is 0 Å². The molecule has 7 heteroatoms. The van der Waals surface area contributed by atoms with Crippen LogP contribution in [-0.2, 0) is 11.3 Å². The number of piperidine rings is 1. The number of morpholine rings is 1. The second-order valence-corrected chi connectivity index (χ2v) is 7.69. The van der Waals surface area contributed by atoms with Gasteiger partial charge < -0.3 is 9.64 Å². The van der Waals surface area contributed by atoms with Gasteiger partial charge >= 0.3 is 0 Å².